The van der Waals surface area contributed by atoms with Crippen LogP contribution in [0.15, 0.2) is 54.7 Å². The van der Waals surface area contributed by atoms with E-state index in [1.807, 2.05) is 31.2 Å². The van der Waals surface area contributed by atoms with Crippen LogP contribution in [0.5, 0.6) is 11.5 Å². The summed E-state index contributed by atoms with van der Waals surface area (Å²) in [6.45, 7) is 6.36. The minimum Gasteiger partial charge on any atom is -0.494 e. The highest BCUT2D eigenvalue weighted by molar-refractivity contribution is 5.80. The van der Waals surface area contributed by atoms with E-state index in [9.17, 15) is 4.79 Å². The van der Waals surface area contributed by atoms with Crippen LogP contribution < -0.4 is 9.47 Å². The van der Waals surface area contributed by atoms with Crippen LogP contribution in [0, 0.1) is 11.2 Å². The Morgan fingerprint density at radius 1 is 1.19 bits per heavy atom. The number of methoxy groups -OCH3 is 1. The molecule has 36 heavy (non-hydrogen) atoms. The summed E-state index contributed by atoms with van der Waals surface area (Å²) in [6, 6.07) is 12.4. The number of carboxylic acid groups (broad SMARTS) is 1. The van der Waals surface area contributed by atoms with E-state index in [-0.39, 0.29) is 30.1 Å². The van der Waals surface area contributed by atoms with Gasteiger partial charge in [0.2, 0.25) is 0 Å². The maximum atomic E-state index is 15.2. The largest absolute Gasteiger partial charge is 0.494 e. The molecule has 1 aliphatic carbocycles. The van der Waals surface area contributed by atoms with Gasteiger partial charge in [0.25, 0.3) is 0 Å². The zero-order chi connectivity index (χ0) is 25.9. The van der Waals surface area contributed by atoms with E-state index in [0.717, 1.165) is 24.0 Å². The number of carbonyl (C=O) groups is 1. The maximum Gasteiger partial charge on any atom is 0.303 e. The molecule has 1 aliphatic rings. The number of halogens is 1. The van der Waals surface area contributed by atoms with Crippen molar-refractivity contribution in [3.8, 4) is 22.8 Å². The van der Waals surface area contributed by atoms with Crippen LogP contribution in [0.2, 0.25) is 0 Å². The van der Waals surface area contributed by atoms with Gasteiger partial charge in [-0.2, -0.15) is 0 Å². The number of ether oxygens (including phenoxy) is 2. The van der Waals surface area contributed by atoms with Crippen molar-refractivity contribution in [3.63, 3.8) is 0 Å². The highest BCUT2D eigenvalue weighted by atomic mass is 19.1. The van der Waals surface area contributed by atoms with Crippen LogP contribution in [0.25, 0.3) is 16.8 Å². The number of hydrogen-bond donors (Lipinski definition) is 1. The van der Waals surface area contributed by atoms with Gasteiger partial charge in [0.15, 0.2) is 11.6 Å². The average Bonchev–Trinajstić information content (AvgIpc) is 3.21. The van der Waals surface area contributed by atoms with Crippen molar-refractivity contribution in [1.29, 1.82) is 0 Å². The molecule has 1 heterocycles. The number of allylic oxidation sites excluding steroid dienone is 2. The lowest BCUT2D eigenvalue weighted by molar-refractivity contribution is -0.137. The first-order valence-corrected chi connectivity index (χ1v) is 12.0. The van der Waals surface area contributed by atoms with Crippen LogP contribution in [0.3, 0.4) is 0 Å². The molecule has 0 amide bonds. The summed E-state index contributed by atoms with van der Waals surface area (Å²) in [5, 5.41) is 9.09. The topological polar surface area (TPSA) is 81.5 Å². The predicted molar refractivity (Wildman–Crippen MR) is 136 cm³/mol. The van der Waals surface area contributed by atoms with E-state index in [2.05, 4.69) is 24.9 Å². The van der Waals surface area contributed by atoms with Crippen LogP contribution in [-0.4, -0.2) is 28.2 Å². The molecule has 0 spiro atoms. The fraction of sp³-hybridized carbons (Fsp3) is 0.345. The number of carboxylic acids is 1. The van der Waals surface area contributed by atoms with E-state index in [4.69, 9.17) is 19.6 Å². The molecular weight excluding hydrogens is 459 g/mol. The fourth-order valence-corrected chi connectivity index (χ4v) is 4.58. The second-order valence-electron chi connectivity index (χ2n) is 9.78. The van der Waals surface area contributed by atoms with E-state index in [1.165, 1.54) is 7.11 Å². The third-order valence-corrected chi connectivity index (χ3v) is 6.66. The zero-order valence-corrected chi connectivity index (χ0v) is 21.0. The standard InChI is InChI=1S/C29H31FN2O4/c1-18(14-25(33)34)19-8-5-9-21(15-19)36-17-20-16-31-27(22-10-6-12-24(35-4)26(22)30)28(32-20)23-11-7-13-29(23,2)3/h5-6,8-12,15-16,18H,7,13-14,17H2,1-4H3,(H,33,34)/t18-/m1/s1. The summed E-state index contributed by atoms with van der Waals surface area (Å²) in [5.41, 5.74) is 3.89. The van der Waals surface area contributed by atoms with Gasteiger partial charge in [-0.05, 0) is 59.6 Å². The molecule has 1 aromatic heterocycles. The molecule has 2 aromatic carbocycles. The summed E-state index contributed by atoms with van der Waals surface area (Å²) >= 11 is 0. The molecule has 0 bridgehead atoms. The summed E-state index contributed by atoms with van der Waals surface area (Å²) in [6.07, 6.45) is 5.71. The quantitative estimate of drug-likeness (QED) is 0.362. The molecule has 0 saturated carbocycles. The number of benzene rings is 2. The Labute approximate surface area is 210 Å². The van der Waals surface area contributed by atoms with Crippen molar-refractivity contribution >= 4 is 11.5 Å². The number of aliphatic carboxylic acids is 1. The molecule has 6 nitrogen and oxygen atoms in total. The van der Waals surface area contributed by atoms with Gasteiger partial charge < -0.3 is 14.6 Å². The van der Waals surface area contributed by atoms with Crippen LogP contribution in [0.1, 0.15) is 62.9 Å². The first-order valence-electron chi connectivity index (χ1n) is 12.0. The summed E-state index contributed by atoms with van der Waals surface area (Å²) in [5.74, 6) is -0.664. The van der Waals surface area contributed by atoms with E-state index in [0.29, 0.717) is 28.4 Å². The minimum absolute atomic E-state index is 0.0471. The van der Waals surface area contributed by atoms with Crippen LogP contribution >= 0.6 is 0 Å². The summed E-state index contributed by atoms with van der Waals surface area (Å²) in [4.78, 5) is 20.6. The van der Waals surface area contributed by atoms with Crippen molar-refractivity contribution in [2.75, 3.05) is 7.11 Å². The van der Waals surface area contributed by atoms with E-state index >= 15 is 4.39 Å². The van der Waals surface area contributed by atoms with Crippen molar-refractivity contribution in [2.45, 2.75) is 52.6 Å². The predicted octanol–water partition coefficient (Wildman–Crippen LogP) is 6.65. The molecule has 1 atom stereocenters. The normalized spacial score (nSPS) is 15.3. The van der Waals surface area contributed by atoms with Gasteiger partial charge in [-0.1, -0.05) is 45.0 Å². The lowest BCUT2D eigenvalue weighted by Crippen LogP contribution is -2.13. The molecule has 7 heteroatoms. The molecule has 0 saturated heterocycles. The molecule has 0 aliphatic heterocycles. The summed E-state index contributed by atoms with van der Waals surface area (Å²) < 4.78 is 26.4. The first-order chi connectivity index (χ1) is 17.2. The second kappa shape index (κ2) is 10.5. The highest BCUT2D eigenvalue weighted by Gasteiger charge is 2.32. The fourth-order valence-electron chi connectivity index (χ4n) is 4.58. The Morgan fingerprint density at radius 3 is 2.67 bits per heavy atom. The number of aromatic nitrogens is 2. The molecule has 0 fully saturated rings. The Morgan fingerprint density at radius 2 is 1.97 bits per heavy atom. The Balaban J connectivity index is 1.66. The number of hydrogen-bond acceptors (Lipinski definition) is 5. The van der Waals surface area contributed by atoms with Crippen molar-refractivity contribution in [3.05, 3.63) is 77.5 Å². The molecule has 4 rings (SSSR count). The molecule has 1 N–H and O–H groups in total. The van der Waals surface area contributed by atoms with Crippen LogP contribution in [-0.2, 0) is 11.4 Å². The molecule has 0 unspecified atom stereocenters. The molecule has 0 radical (unpaired) electrons. The molecule has 3 aromatic rings. The van der Waals surface area contributed by atoms with Crippen molar-refractivity contribution < 1.29 is 23.8 Å². The van der Waals surface area contributed by atoms with Gasteiger partial charge >= 0.3 is 5.97 Å². The Hall–Kier alpha value is -3.74. The zero-order valence-electron chi connectivity index (χ0n) is 21.0. The maximum absolute atomic E-state index is 15.2. The Kier molecular flexibility index (Phi) is 7.38. The molecule has 188 valence electrons. The highest BCUT2D eigenvalue weighted by Crippen LogP contribution is 2.46. The van der Waals surface area contributed by atoms with Gasteiger partial charge in [-0.15, -0.1) is 0 Å². The second-order valence-corrected chi connectivity index (χ2v) is 9.78. The van der Waals surface area contributed by atoms with Gasteiger partial charge in [-0.3, -0.25) is 9.78 Å². The SMILES string of the molecule is COc1cccc(-c2ncc(COc3cccc([C@H](C)CC(=O)O)c3)nc2C2=CCCC2(C)C)c1F. The minimum atomic E-state index is -0.840. The number of rotatable bonds is 9. The van der Waals surface area contributed by atoms with Crippen LogP contribution in [0.4, 0.5) is 4.39 Å². The molecular formula is C29H31FN2O4. The third kappa shape index (κ3) is 5.40. The van der Waals surface area contributed by atoms with E-state index < -0.39 is 11.8 Å². The van der Waals surface area contributed by atoms with Gasteiger partial charge in [0.1, 0.15) is 12.4 Å². The average molecular weight is 491 g/mol. The first kappa shape index (κ1) is 25.4. The lowest BCUT2D eigenvalue weighted by Gasteiger charge is -2.24. The van der Waals surface area contributed by atoms with Crippen molar-refractivity contribution in [2.24, 2.45) is 5.41 Å². The van der Waals surface area contributed by atoms with Gasteiger partial charge in [-0.25, -0.2) is 9.37 Å². The van der Waals surface area contributed by atoms with Gasteiger partial charge in [0.05, 0.1) is 36.8 Å². The smallest absolute Gasteiger partial charge is 0.303 e. The monoisotopic (exact) mass is 490 g/mol. The van der Waals surface area contributed by atoms with Gasteiger partial charge in [0, 0.05) is 5.56 Å². The summed E-state index contributed by atoms with van der Waals surface area (Å²) in [7, 11) is 1.44. The Bertz CT molecular complexity index is 1300. The lowest BCUT2D eigenvalue weighted by atomic mass is 9.83. The van der Waals surface area contributed by atoms with Crippen molar-refractivity contribution in [1.82, 2.24) is 9.97 Å². The number of nitrogens with zero attached hydrogens (tertiary/aromatic N) is 2. The van der Waals surface area contributed by atoms with E-state index in [1.54, 1.807) is 24.4 Å². The third-order valence-electron chi connectivity index (χ3n) is 6.66.